The molecule has 16 heavy (non-hydrogen) atoms. The van der Waals surface area contributed by atoms with E-state index in [1.807, 2.05) is 0 Å². The SMILES string of the molecule is CCC1CCC(CBr)(OC(C)C(C)C)CC1. The monoisotopic (exact) mass is 290 g/mol. The van der Waals surface area contributed by atoms with Crippen LogP contribution in [0.5, 0.6) is 0 Å². The lowest BCUT2D eigenvalue weighted by Crippen LogP contribution is -2.42. The third-order valence-electron chi connectivity index (χ3n) is 4.21. The first-order chi connectivity index (χ1) is 7.53. The Morgan fingerprint density at radius 3 is 2.19 bits per heavy atom. The summed E-state index contributed by atoms with van der Waals surface area (Å²) < 4.78 is 6.34. The molecule has 0 aromatic carbocycles. The quantitative estimate of drug-likeness (QED) is 0.662. The first-order valence-corrected chi connectivity index (χ1v) is 7.89. The second-order valence-corrected chi connectivity index (χ2v) is 6.30. The van der Waals surface area contributed by atoms with Gasteiger partial charge < -0.3 is 4.74 Å². The van der Waals surface area contributed by atoms with Gasteiger partial charge >= 0.3 is 0 Å². The van der Waals surface area contributed by atoms with Crippen LogP contribution in [0.1, 0.15) is 59.8 Å². The fourth-order valence-corrected chi connectivity index (χ4v) is 3.12. The summed E-state index contributed by atoms with van der Waals surface area (Å²) in [5, 5.41) is 0.994. The number of alkyl halides is 1. The fourth-order valence-electron chi connectivity index (χ4n) is 2.43. The van der Waals surface area contributed by atoms with E-state index in [1.54, 1.807) is 0 Å². The van der Waals surface area contributed by atoms with Crippen LogP contribution in [-0.4, -0.2) is 17.0 Å². The summed E-state index contributed by atoms with van der Waals surface area (Å²) in [6, 6.07) is 0. The molecule has 1 fully saturated rings. The number of ether oxygens (including phenoxy) is 1. The second-order valence-electron chi connectivity index (χ2n) is 5.74. The van der Waals surface area contributed by atoms with E-state index >= 15 is 0 Å². The zero-order chi connectivity index (χ0) is 12.2. The number of halogens is 1. The van der Waals surface area contributed by atoms with Crippen molar-refractivity contribution in [3.8, 4) is 0 Å². The summed E-state index contributed by atoms with van der Waals surface area (Å²) in [7, 11) is 0. The van der Waals surface area contributed by atoms with E-state index in [9.17, 15) is 0 Å². The van der Waals surface area contributed by atoms with Gasteiger partial charge in [-0.3, -0.25) is 0 Å². The van der Waals surface area contributed by atoms with Gasteiger partial charge in [0, 0.05) is 5.33 Å². The third kappa shape index (κ3) is 3.73. The lowest BCUT2D eigenvalue weighted by molar-refractivity contribution is -0.112. The highest BCUT2D eigenvalue weighted by Gasteiger charge is 2.36. The van der Waals surface area contributed by atoms with Crippen LogP contribution in [0.2, 0.25) is 0 Å². The highest BCUT2D eigenvalue weighted by molar-refractivity contribution is 9.09. The second kappa shape index (κ2) is 6.39. The van der Waals surface area contributed by atoms with Crippen molar-refractivity contribution in [3.63, 3.8) is 0 Å². The molecule has 0 radical (unpaired) electrons. The van der Waals surface area contributed by atoms with Crippen molar-refractivity contribution in [1.82, 2.24) is 0 Å². The summed E-state index contributed by atoms with van der Waals surface area (Å²) in [4.78, 5) is 0. The van der Waals surface area contributed by atoms with E-state index in [4.69, 9.17) is 4.74 Å². The maximum absolute atomic E-state index is 6.34. The van der Waals surface area contributed by atoms with Crippen molar-refractivity contribution in [2.75, 3.05) is 5.33 Å². The Kier molecular flexibility index (Phi) is 5.79. The zero-order valence-electron chi connectivity index (χ0n) is 11.3. The molecule has 96 valence electrons. The predicted octanol–water partition coefficient (Wildman–Crippen LogP) is 4.78. The molecule has 0 aliphatic heterocycles. The van der Waals surface area contributed by atoms with Crippen molar-refractivity contribution in [2.45, 2.75) is 71.5 Å². The standard InChI is InChI=1S/C14H27BrO/c1-5-13-6-8-14(10-15,9-7-13)16-12(4)11(2)3/h11-13H,5-10H2,1-4H3. The van der Waals surface area contributed by atoms with Crippen LogP contribution < -0.4 is 0 Å². The number of hydrogen-bond donors (Lipinski definition) is 0. The molecule has 1 aliphatic rings. The molecule has 0 aromatic heterocycles. The Hall–Kier alpha value is 0.440. The maximum Gasteiger partial charge on any atom is 0.0782 e. The van der Waals surface area contributed by atoms with Gasteiger partial charge in [0.15, 0.2) is 0 Å². The largest absolute Gasteiger partial charge is 0.371 e. The Labute approximate surface area is 109 Å². The maximum atomic E-state index is 6.34. The molecule has 1 aliphatic carbocycles. The topological polar surface area (TPSA) is 9.23 Å². The third-order valence-corrected chi connectivity index (χ3v) is 5.23. The molecule has 1 nitrogen and oxygen atoms in total. The predicted molar refractivity (Wildman–Crippen MR) is 74.2 cm³/mol. The average molecular weight is 291 g/mol. The van der Waals surface area contributed by atoms with Crippen LogP contribution in [-0.2, 0) is 4.74 Å². The Morgan fingerprint density at radius 1 is 1.25 bits per heavy atom. The molecule has 1 unspecified atom stereocenters. The molecule has 0 amide bonds. The minimum atomic E-state index is 0.120. The van der Waals surface area contributed by atoms with E-state index in [2.05, 4.69) is 43.6 Å². The van der Waals surface area contributed by atoms with Gasteiger partial charge in [-0.1, -0.05) is 43.1 Å². The first-order valence-electron chi connectivity index (χ1n) is 6.76. The zero-order valence-corrected chi connectivity index (χ0v) is 12.8. The highest BCUT2D eigenvalue weighted by atomic mass is 79.9. The van der Waals surface area contributed by atoms with Crippen molar-refractivity contribution < 1.29 is 4.74 Å². The van der Waals surface area contributed by atoms with Gasteiger partial charge in [-0.15, -0.1) is 0 Å². The van der Waals surface area contributed by atoms with Crippen molar-refractivity contribution >= 4 is 15.9 Å². The normalized spacial score (nSPS) is 33.0. The van der Waals surface area contributed by atoms with Gasteiger partial charge in [0.2, 0.25) is 0 Å². The van der Waals surface area contributed by atoms with Crippen LogP contribution in [0.15, 0.2) is 0 Å². The van der Waals surface area contributed by atoms with Gasteiger partial charge in [-0.25, -0.2) is 0 Å². The van der Waals surface area contributed by atoms with Crippen LogP contribution >= 0.6 is 15.9 Å². The highest BCUT2D eigenvalue weighted by Crippen LogP contribution is 2.38. The summed E-state index contributed by atoms with van der Waals surface area (Å²) in [6.07, 6.45) is 6.84. The summed E-state index contributed by atoms with van der Waals surface area (Å²) in [5.74, 6) is 1.55. The van der Waals surface area contributed by atoms with E-state index in [0.29, 0.717) is 12.0 Å². The van der Waals surface area contributed by atoms with E-state index in [1.165, 1.54) is 32.1 Å². The van der Waals surface area contributed by atoms with Crippen LogP contribution in [0.25, 0.3) is 0 Å². The van der Waals surface area contributed by atoms with Gasteiger partial charge in [0.1, 0.15) is 0 Å². The molecule has 1 saturated carbocycles. The van der Waals surface area contributed by atoms with Crippen molar-refractivity contribution in [3.05, 3.63) is 0 Å². The molecule has 1 atom stereocenters. The number of rotatable bonds is 5. The summed E-state index contributed by atoms with van der Waals surface area (Å²) in [6.45, 7) is 9.00. The molecule has 0 saturated heterocycles. The van der Waals surface area contributed by atoms with E-state index in [0.717, 1.165) is 11.2 Å². The molecule has 0 spiro atoms. The molecule has 0 bridgehead atoms. The molecule has 0 heterocycles. The van der Waals surface area contributed by atoms with Gasteiger partial charge in [0.25, 0.3) is 0 Å². The fraction of sp³-hybridized carbons (Fsp3) is 1.00. The molecule has 1 rings (SSSR count). The first kappa shape index (κ1) is 14.5. The minimum Gasteiger partial charge on any atom is -0.371 e. The summed E-state index contributed by atoms with van der Waals surface area (Å²) >= 11 is 3.66. The van der Waals surface area contributed by atoms with E-state index in [-0.39, 0.29) is 5.60 Å². The van der Waals surface area contributed by atoms with Crippen molar-refractivity contribution in [2.24, 2.45) is 11.8 Å². The molecule has 0 N–H and O–H groups in total. The lowest BCUT2D eigenvalue weighted by Gasteiger charge is -2.41. The molecular weight excluding hydrogens is 264 g/mol. The number of hydrogen-bond acceptors (Lipinski definition) is 1. The summed E-state index contributed by atoms with van der Waals surface area (Å²) in [5.41, 5.74) is 0.120. The van der Waals surface area contributed by atoms with Gasteiger partial charge in [-0.2, -0.15) is 0 Å². The van der Waals surface area contributed by atoms with Gasteiger partial charge in [0.05, 0.1) is 11.7 Å². The minimum absolute atomic E-state index is 0.120. The lowest BCUT2D eigenvalue weighted by atomic mass is 9.78. The smallest absolute Gasteiger partial charge is 0.0782 e. The van der Waals surface area contributed by atoms with Crippen LogP contribution in [0.4, 0.5) is 0 Å². The van der Waals surface area contributed by atoms with Crippen molar-refractivity contribution in [1.29, 1.82) is 0 Å². The van der Waals surface area contributed by atoms with Crippen LogP contribution in [0.3, 0.4) is 0 Å². The molecule has 2 heteroatoms. The average Bonchev–Trinajstić information content (AvgIpc) is 2.29. The van der Waals surface area contributed by atoms with Crippen LogP contribution in [0, 0.1) is 11.8 Å². The molecular formula is C14H27BrO. The Bertz CT molecular complexity index is 195. The Balaban J connectivity index is 2.52. The van der Waals surface area contributed by atoms with Gasteiger partial charge in [-0.05, 0) is 44.4 Å². The molecule has 0 aromatic rings. The van der Waals surface area contributed by atoms with E-state index < -0.39 is 0 Å². The Morgan fingerprint density at radius 2 is 1.81 bits per heavy atom.